The summed E-state index contributed by atoms with van der Waals surface area (Å²) in [6.07, 6.45) is 3.70. The van der Waals surface area contributed by atoms with Crippen LogP contribution in [0.15, 0.2) is 29.8 Å². The van der Waals surface area contributed by atoms with Gasteiger partial charge in [0, 0.05) is 0 Å². The molecule has 0 aliphatic rings. The molecule has 0 saturated heterocycles. The maximum absolute atomic E-state index is 10.7. The Morgan fingerprint density at radius 3 is 2.75 bits per heavy atom. The molecule has 1 rings (SSSR count). The van der Waals surface area contributed by atoms with Crippen LogP contribution in [0.5, 0.6) is 5.75 Å². The highest BCUT2D eigenvalue weighted by atomic mass is 16.5. The Morgan fingerprint density at radius 2 is 2.19 bits per heavy atom. The summed E-state index contributed by atoms with van der Waals surface area (Å²) >= 11 is 0. The molecule has 0 spiro atoms. The first-order valence-corrected chi connectivity index (χ1v) is 5.58. The van der Waals surface area contributed by atoms with Gasteiger partial charge in [-0.2, -0.15) is 0 Å². The monoisotopic (exact) mass is 218 g/mol. The van der Waals surface area contributed by atoms with Crippen molar-refractivity contribution in [1.82, 2.24) is 0 Å². The van der Waals surface area contributed by atoms with Crippen LogP contribution in [0.1, 0.15) is 32.8 Å². The SMILES string of the molecule is CCC(C=O)=Cc1cccc(OC(C)C)c1. The molecule has 0 bridgehead atoms. The van der Waals surface area contributed by atoms with Gasteiger partial charge in [0.05, 0.1) is 6.10 Å². The van der Waals surface area contributed by atoms with Crippen LogP contribution in [0.25, 0.3) is 6.08 Å². The van der Waals surface area contributed by atoms with E-state index in [2.05, 4.69) is 0 Å². The summed E-state index contributed by atoms with van der Waals surface area (Å²) < 4.78 is 5.59. The molecule has 1 aromatic carbocycles. The molecule has 2 nitrogen and oxygen atoms in total. The minimum absolute atomic E-state index is 0.163. The van der Waals surface area contributed by atoms with Gasteiger partial charge in [0.2, 0.25) is 0 Å². The first-order valence-electron chi connectivity index (χ1n) is 5.58. The lowest BCUT2D eigenvalue weighted by Crippen LogP contribution is -2.05. The van der Waals surface area contributed by atoms with Crippen LogP contribution in [0.4, 0.5) is 0 Å². The van der Waals surface area contributed by atoms with Gasteiger partial charge in [-0.1, -0.05) is 19.1 Å². The fraction of sp³-hybridized carbons (Fsp3) is 0.357. The second-order valence-electron chi connectivity index (χ2n) is 3.93. The summed E-state index contributed by atoms with van der Waals surface area (Å²) in [7, 11) is 0. The number of carbonyl (C=O) groups is 1. The smallest absolute Gasteiger partial charge is 0.146 e. The van der Waals surface area contributed by atoms with Crippen molar-refractivity contribution < 1.29 is 9.53 Å². The van der Waals surface area contributed by atoms with Gasteiger partial charge in [0.25, 0.3) is 0 Å². The summed E-state index contributed by atoms with van der Waals surface area (Å²) in [4.78, 5) is 10.7. The number of carbonyl (C=O) groups excluding carboxylic acids is 1. The molecule has 2 heteroatoms. The minimum atomic E-state index is 0.163. The molecule has 0 atom stereocenters. The molecule has 16 heavy (non-hydrogen) atoms. The van der Waals surface area contributed by atoms with E-state index in [-0.39, 0.29) is 6.10 Å². The van der Waals surface area contributed by atoms with Gasteiger partial charge < -0.3 is 4.74 Å². The van der Waals surface area contributed by atoms with E-state index in [0.29, 0.717) is 0 Å². The van der Waals surface area contributed by atoms with Crippen molar-refractivity contribution in [3.63, 3.8) is 0 Å². The van der Waals surface area contributed by atoms with Gasteiger partial charge in [-0.15, -0.1) is 0 Å². The van der Waals surface area contributed by atoms with Crippen LogP contribution in [-0.2, 0) is 4.79 Å². The van der Waals surface area contributed by atoms with Crippen molar-refractivity contribution in [2.24, 2.45) is 0 Å². The van der Waals surface area contributed by atoms with Crippen molar-refractivity contribution in [2.75, 3.05) is 0 Å². The number of rotatable bonds is 5. The van der Waals surface area contributed by atoms with E-state index < -0.39 is 0 Å². The number of aldehydes is 1. The topological polar surface area (TPSA) is 26.3 Å². The van der Waals surface area contributed by atoms with Crippen LogP contribution in [-0.4, -0.2) is 12.4 Å². The molecule has 1 aromatic rings. The van der Waals surface area contributed by atoms with Crippen molar-refractivity contribution >= 4 is 12.4 Å². The molecule has 86 valence electrons. The Labute approximate surface area is 96.9 Å². The molecule has 0 N–H and O–H groups in total. The number of ether oxygens (including phenoxy) is 1. The normalized spacial score (nSPS) is 11.6. The maximum Gasteiger partial charge on any atom is 0.146 e. The molecule has 0 heterocycles. The zero-order chi connectivity index (χ0) is 12.0. The average Bonchev–Trinajstić information content (AvgIpc) is 2.25. The molecule has 0 saturated carbocycles. The van der Waals surface area contributed by atoms with E-state index >= 15 is 0 Å². The van der Waals surface area contributed by atoms with E-state index in [0.717, 1.165) is 29.6 Å². The van der Waals surface area contributed by atoms with Gasteiger partial charge in [-0.25, -0.2) is 0 Å². The molecule has 0 unspecified atom stereocenters. The lowest BCUT2D eigenvalue weighted by molar-refractivity contribution is -0.104. The summed E-state index contributed by atoms with van der Waals surface area (Å²) in [5.74, 6) is 0.838. The highest BCUT2D eigenvalue weighted by Gasteiger charge is 1.99. The second kappa shape index (κ2) is 6.11. The third-order valence-corrected chi connectivity index (χ3v) is 2.14. The van der Waals surface area contributed by atoms with Crippen LogP contribution < -0.4 is 4.74 Å². The van der Waals surface area contributed by atoms with Crippen molar-refractivity contribution in [3.05, 3.63) is 35.4 Å². The molecular weight excluding hydrogens is 200 g/mol. The lowest BCUT2D eigenvalue weighted by atomic mass is 10.1. The van der Waals surface area contributed by atoms with Crippen molar-refractivity contribution in [2.45, 2.75) is 33.3 Å². The van der Waals surface area contributed by atoms with Crippen LogP contribution in [0, 0.1) is 0 Å². The zero-order valence-electron chi connectivity index (χ0n) is 10.1. The molecular formula is C14H18O2. The Balaban J connectivity index is 2.89. The summed E-state index contributed by atoms with van der Waals surface area (Å²) in [6.45, 7) is 5.95. The van der Waals surface area contributed by atoms with Gasteiger partial charge in [0.15, 0.2) is 0 Å². The number of hydrogen-bond acceptors (Lipinski definition) is 2. The molecule has 0 radical (unpaired) electrons. The molecule has 0 amide bonds. The van der Waals surface area contributed by atoms with E-state index in [1.54, 1.807) is 0 Å². The molecule has 0 aliphatic heterocycles. The fourth-order valence-corrected chi connectivity index (χ4v) is 1.38. The highest BCUT2D eigenvalue weighted by Crippen LogP contribution is 2.17. The Bertz CT molecular complexity index is 378. The minimum Gasteiger partial charge on any atom is -0.491 e. The standard InChI is InChI=1S/C14H18O2/c1-4-12(10-15)8-13-6-5-7-14(9-13)16-11(2)3/h5-11H,4H2,1-3H3. The predicted octanol–water partition coefficient (Wildman–Crippen LogP) is 3.47. The quantitative estimate of drug-likeness (QED) is 0.558. The van der Waals surface area contributed by atoms with Gasteiger partial charge in [0.1, 0.15) is 12.0 Å². The third kappa shape index (κ3) is 3.89. The number of allylic oxidation sites excluding steroid dienone is 1. The Morgan fingerprint density at radius 1 is 1.44 bits per heavy atom. The highest BCUT2D eigenvalue weighted by molar-refractivity contribution is 5.81. The Kier molecular flexibility index (Phi) is 4.77. The third-order valence-electron chi connectivity index (χ3n) is 2.14. The second-order valence-corrected chi connectivity index (χ2v) is 3.93. The molecule has 0 fully saturated rings. The summed E-state index contributed by atoms with van der Waals surface area (Å²) in [5, 5.41) is 0. The zero-order valence-corrected chi connectivity index (χ0v) is 10.1. The van der Waals surface area contributed by atoms with E-state index in [4.69, 9.17) is 4.74 Å². The summed E-state index contributed by atoms with van der Waals surface area (Å²) in [6, 6.07) is 7.76. The van der Waals surface area contributed by atoms with Crippen LogP contribution in [0.2, 0.25) is 0 Å². The number of hydrogen-bond donors (Lipinski definition) is 0. The van der Waals surface area contributed by atoms with E-state index in [9.17, 15) is 4.79 Å². The molecule has 0 aromatic heterocycles. The van der Waals surface area contributed by atoms with Gasteiger partial charge >= 0.3 is 0 Å². The first-order chi connectivity index (χ1) is 7.65. The van der Waals surface area contributed by atoms with Crippen LogP contribution in [0.3, 0.4) is 0 Å². The molecule has 0 aliphatic carbocycles. The fourth-order valence-electron chi connectivity index (χ4n) is 1.38. The summed E-state index contributed by atoms with van der Waals surface area (Å²) in [5.41, 5.74) is 1.80. The average molecular weight is 218 g/mol. The van der Waals surface area contributed by atoms with Crippen molar-refractivity contribution in [1.29, 1.82) is 0 Å². The van der Waals surface area contributed by atoms with Gasteiger partial charge in [-0.05, 0) is 49.6 Å². The van der Waals surface area contributed by atoms with Crippen molar-refractivity contribution in [3.8, 4) is 5.75 Å². The van der Waals surface area contributed by atoms with E-state index in [1.807, 2.05) is 51.1 Å². The lowest BCUT2D eigenvalue weighted by Gasteiger charge is -2.09. The van der Waals surface area contributed by atoms with Gasteiger partial charge in [-0.3, -0.25) is 4.79 Å². The largest absolute Gasteiger partial charge is 0.491 e. The van der Waals surface area contributed by atoms with E-state index in [1.165, 1.54) is 0 Å². The predicted molar refractivity (Wildman–Crippen MR) is 66.5 cm³/mol. The Hall–Kier alpha value is -1.57. The first kappa shape index (κ1) is 12.5. The maximum atomic E-state index is 10.7. The number of benzene rings is 1. The van der Waals surface area contributed by atoms with Crippen LogP contribution >= 0.6 is 0 Å².